The third-order valence-corrected chi connectivity index (χ3v) is 4.51. The van der Waals surface area contributed by atoms with Crippen molar-refractivity contribution in [2.24, 2.45) is 0 Å². The monoisotopic (exact) mass is 336 g/mol. The number of aromatic amines is 1. The van der Waals surface area contributed by atoms with Gasteiger partial charge in [-0.25, -0.2) is 0 Å². The number of nitrogens with zero attached hydrogens (tertiary/aromatic N) is 3. The summed E-state index contributed by atoms with van der Waals surface area (Å²) in [6.07, 6.45) is 2.17. The summed E-state index contributed by atoms with van der Waals surface area (Å²) in [5, 5.41) is 10.7. The maximum absolute atomic E-state index is 13.1. The van der Waals surface area contributed by atoms with Crippen LogP contribution in [0.25, 0.3) is 11.0 Å². The van der Waals surface area contributed by atoms with Gasteiger partial charge in [-0.3, -0.25) is 4.79 Å². The van der Waals surface area contributed by atoms with Crippen molar-refractivity contribution in [1.82, 2.24) is 20.3 Å². The minimum atomic E-state index is -0.00995. The topological polar surface area (TPSA) is 71.1 Å². The molecule has 1 atom stereocenters. The number of ether oxygens (including phenoxy) is 1. The molecule has 25 heavy (non-hydrogen) atoms. The summed E-state index contributed by atoms with van der Waals surface area (Å²) in [5.41, 5.74) is 3.18. The Kier molecular flexibility index (Phi) is 4.43. The Balaban J connectivity index is 1.59. The Hall–Kier alpha value is -2.73. The maximum Gasteiger partial charge on any atom is 0.254 e. The zero-order valence-corrected chi connectivity index (χ0v) is 13.9. The Labute approximate surface area is 145 Å². The van der Waals surface area contributed by atoms with E-state index in [1.165, 1.54) is 0 Å². The molecular formula is C19H20N4O2. The highest BCUT2D eigenvalue weighted by Crippen LogP contribution is 2.19. The number of carbonyl (C=O) groups is 1. The van der Waals surface area contributed by atoms with Gasteiger partial charge < -0.3 is 9.64 Å². The number of hydrogen-bond acceptors (Lipinski definition) is 4. The van der Waals surface area contributed by atoms with Crippen molar-refractivity contribution in [3.05, 3.63) is 59.7 Å². The smallest absolute Gasteiger partial charge is 0.254 e. The van der Waals surface area contributed by atoms with Gasteiger partial charge in [0, 0.05) is 25.3 Å². The lowest BCUT2D eigenvalue weighted by Gasteiger charge is -2.25. The van der Waals surface area contributed by atoms with E-state index in [-0.39, 0.29) is 12.0 Å². The van der Waals surface area contributed by atoms with E-state index in [0.717, 1.165) is 30.5 Å². The predicted molar refractivity (Wildman–Crippen MR) is 94.0 cm³/mol. The standard InChI is InChI=1S/C19H20N4O2/c24-19(15-8-9-17-18(11-15)21-22-20-17)23(13-16-7-4-10-25-16)12-14-5-2-1-3-6-14/h1-3,5-6,8-9,11,16H,4,7,10,12-13H2,(H,20,21,22)/t16-/m0/s1. The van der Waals surface area contributed by atoms with Crippen LogP contribution in [0.5, 0.6) is 0 Å². The van der Waals surface area contributed by atoms with Gasteiger partial charge in [0.15, 0.2) is 0 Å². The summed E-state index contributed by atoms with van der Waals surface area (Å²) < 4.78 is 5.74. The Morgan fingerprint density at radius 1 is 1.16 bits per heavy atom. The average molecular weight is 336 g/mol. The summed E-state index contributed by atoms with van der Waals surface area (Å²) in [5.74, 6) is -0.00995. The van der Waals surface area contributed by atoms with Gasteiger partial charge in [0.2, 0.25) is 0 Å². The highest BCUT2D eigenvalue weighted by molar-refractivity contribution is 5.97. The highest BCUT2D eigenvalue weighted by atomic mass is 16.5. The average Bonchev–Trinajstić information content (AvgIpc) is 3.32. The second-order valence-electron chi connectivity index (χ2n) is 6.33. The number of aromatic nitrogens is 3. The molecule has 3 aromatic rings. The van der Waals surface area contributed by atoms with Crippen LogP contribution >= 0.6 is 0 Å². The van der Waals surface area contributed by atoms with Gasteiger partial charge in [-0.05, 0) is 36.6 Å². The molecule has 128 valence electrons. The molecule has 6 nitrogen and oxygen atoms in total. The van der Waals surface area contributed by atoms with E-state index < -0.39 is 0 Å². The zero-order chi connectivity index (χ0) is 17.1. The van der Waals surface area contributed by atoms with E-state index in [1.807, 2.05) is 41.3 Å². The highest BCUT2D eigenvalue weighted by Gasteiger charge is 2.24. The number of benzene rings is 2. The number of amides is 1. The molecular weight excluding hydrogens is 316 g/mol. The Morgan fingerprint density at radius 3 is 2.80 bits per heavy atom. The van der Waals surface area contributed by atoms with Crippen LogP contribution in [0.3, 0.4) is 0 Å². The number of nitrogens with one attached hydrogen (secondary N) is 1. The van der Waals surface area contributed by atoms with E-state index >= 15 is 0 Å². The fraction of sp³-hybridized carbons (Fsp3) is 0.316. The Bertz CT molecular complexity index is 856. The van der Waals surface area contributed by atoms with Gasteiger partial charge >= 0.3 is 0 Å². The van der Waals surface area contributed by atoms with Crippen LogP contribution < -0.4 is 0 Å². The van der Waals surface area contributed by atoms with Gasteiger partial charge in [0.05, 0.1) is 6.10 Å². The molecule has 0 spiro atoms. The SMILES string of the molecule is O=C(c1ccc2n[nH]nc2c1)N(Cc1ccccc1)C[C@@H]1CCCO1. The molecule has 2 aromatic carbocycles. The summed E-state index contributed by atoms with van der Waals surface area (Å²) >= 11 is 0. The Morgan fingerprint density at radius 2 is 2.00 bits per heavy atom. The van der Waals surface area contributed by atoms with Crippen molar-refractivity contribution < 1.29 is 9.53 Å². The molecule has 1 N–H and O–H groups in total. The van der Waals surface area contributed by atoms with Gasteiger partial charge in [-0.15, -0.1) is 0 Å². The number of fused-ring (bicyclic) bond motifs is 1. The third-order valence-electron chi connectivity index (χ3n) is 4.51. The minimum absolute atomic E-state index is 0.00995. The minimum Gasteiger partial charge on any atom is -0.376 e. The lowest BCUT2D eigenvalue weighted by Crippen LogP contribution is -2.37. The van der Waals surface area contributed by atoms with Gasteiger partial charge in [0.25, 0.3) is 5.91 Å². The molecule has 6 heteroatoms. The van der Waals surface area contributed by atoms with Gasteiger partial charge in [0.1, 0.15) is 11.0 Å². The van der Waals surface area contributed by atoms with Crippen molar-refractivity contribution in [3.63, 3.8) is 0 Å². The molecule has 2 heterocycles. The molecule has 0 radical (unpaired) electrons. The summed E-state index contributed by atoms with van der Waals surface area (Å²) in [4.78, 5) is 15.0. The number of hydrogen-bond donors (Lipinski definition) is 1. The van der Waals surface area contributed by atoms with Crippen molar-refractivity contribution in [3.8, 4) is 0 Å². The normalized spacial score (nSPS) is 17.0. The lowest BCUT2D eigenvalue weighted by atomic mass is 10.1. The molecule has 0 aliphatic carbocycles. The molecule has 1 fully saturated rings. The molecule has 0 unspecified atom stereocenters. The van der Waals surface area contributed by atoms with Crippen LogP contribution in [-0.2, 0) is 11.3 Å². The summed E-state index contributed by atoms with van der Waals surface area (Å²) in [7, 11) is 0. The zero-order valence-electron chi connectivity index (χ0n) is 13.9. The lowest BCUT2D eigenvalue weighted by molar-refractivity contribution is 0.0507. The number of H-pyrrole nitrogens is 1. The first kappa shape index (κ1) is 15.8. The second kappa shape index (κ2) is 7.03. The first-order valence-corrected chi connectivity index (χ1v) is 8.55. The van der Waals surface area contributed by atoms with E-state index in [1.54, 1.807) is 12.1 Å². The van der Waals surface area contributed by atoms with Crippen molar-refractivity contribution in [2.75, 3.05) is 13.2 Å². The molecule has 4 rings (SSSR count). The van der Waals surface area contributed by atoms with Crippen LogP contribution in [0.15, 0.2) is 48.5 Å². The quantitative estimate of drug-likeness (QED) is 0.778. The van der Waals surface area contributed by atoms with Crippen molar-refractivity contribution >= 4 is 16.9 Å². The first-order valence-electron chi connectivity index (χ1n) is 8.55. The summed E-state index contributed by atoms with van der Waals surface area (Å²) in [6.45, 7) is 1.95. The van der Waals surface area contributed by atoms with Gasteiger partial charge in [-0.1, -0.05) is 30.3 Å². The maximum atomic E-state index is 13.1. The largest absolute Gasteiger partial charge is 0.376 e. The van der Waals surface area contributed by atoms with Crippen LogP contribution in [0.4, 0.5) is 0 Å². The van der Waals surface area contributed by atoms with E-state index in [2.05, 4.69) is 15.4 Å². The molecule has 0 saturated carbocycles. The number of rotatable bonds is 5. The molecule has 1 saturated heterocycles. The van der Waals surface area contributed by atoms with Crippen molar-refractivity contribution in [2.45, 2.75) is 25.5 Å². The fourth-order valence-corrected chi connectivity index (χ4v) is 3.21. The second-order valence-corrected chi connectivity index (χ2v) is 6.33. The molecule has 1 amide bonds. The number of carbonyl (C=O) groups excluding carboxylic acids is 1. The fourth-order valence-electron chi connectivity index (χ4n) is 3.21. The van der Waals surface area contributed by atoms with E-state index in [4.69, 9.17) is 4.74 Å². The molecule has 1 aliphatic rings. The van der Waals surface area contributed by atoms with Crippen LogP contribution in [0.2, 0.25) is 0 Å². The summed E-state index contributed by atoms with van der Waals surface area (Å²) in [6, 6.07) is 15.5. The van der Waals surface area contributed by atoms with E-state index in [0.29, 0.717) is 24.2 Å². The van der Waals surface area contributed by atoms with Crippen LogP contribution in [-0.4, -0.2) is 45.5 Å². The van der Waals surface area contributed by atoms with E-state index in [9.17, 15) is 4.79 Å². The molecule has 1 aliphatic heterocycles. The molecule has 0 bridgehead atoms. The molecule has 1 aromatic heterocycles. The van der Waals surface area contributed by atoms with Crippen LogP contribution in [0, 0.1) is 0 Å². The third kappa shape index (κ3) is 3.53. The van der Waals surface area contributed by atoms with Gasteiger partial charge in [-0.2, -0.15) is 15.4 Å². The van der Waals surface area contributed by atoms with Crippen LogP contribution in [0.1, 0.15) is 28.8 Å². The predicted octanol–water partition coefficient (Wildman–Crippen LogP) is 2.78. The van der Waals surface area contributed by atoms with Crippen molar-refractivity contribution in [1.29, 1.82) is 0 Å². The first-order chi connectivity index (χ1) is 12.3.